The largest absolute Gasteiger partial charge is 0.497 e. The molecule has 62 heavy (non-hydrogen) atoms. The summed E-state index contributed by atoms with van der Waals surface area (Å²) in [6, 6.07) is 30.7. The van der Waals surface area contributed by atoms with Crippen molar-refractivity contribution in [2.45, 2.75) is 89.8 Å². The predicted molar refractivity (Wildman–Crippen MR) is 250 cm³/mol. The maximum atomic E-state index is 15.5. The summed E-state index contributed by atoms with van der Waals surface area (Å²) in [5, 5.41) is 23.7. The van der Waals surface area contributed by atoms with Crippen LogP contribution >= 0.6 is 0 Å². The first-order valence-corrected chi connectivity index (χ1v) is 24.6. The van der Waals surface area contributed by atoms with Crippen molar-refractivity contribution < 1.29 is 24.2 Å². The molecule has 11 nitrogen and oxygen atoms in total. The number of hydrogen-bond donors (Lipinski definition) is 3. The molecule has 4 N–H and O–H groups in total. The van der Waals surface area contributed by atoms with Crippen molar-refractivity contribution in [3.05, 3.63) is 149 Å². The average Bonchev–Trinajstić information content (AvgIpc) is 3.92. The summed E-state index contributed by atoms with van der Waals surface area (Å²) in [6.07, 6.45) is 8.36. The van der Waals surface area contributed by atoms with Crippen molar-refractivity contribution in [3.63, 3.8) is 0 Å². The van der Waals surface area contributed by atoms with Crippen LogP contribution in [-0.4, -0.2) is 66.4 Å². The molecule has 2 amide bonds. The van der Waals surface area contributed by atoms with Crippen molar-refractivity contribution in [2.24, 2.45) is 5.92 Å². The van der Waals surface area contributed by atoms with E-state index in [1.165, 1.54) is 16.3 Å². The molecule has 3 heterocycles. The molecule has 12 heteroatoms. The van der Waals surface area contributed by atoms with Crippen LogP contribution in [0.25, 0.3) is 0 Å². The Labute approximate surface area is 366 Å². The Kier molecular flexibility index (Phi) is 13.3. The zero-order valence-electron chi connectivity index (χ0n) is 37.0. The fourth-order valence-electron chi connectivity index (χ4n) is 9.51. The second-order valence-electron chi connectivity index (χ2n) is 17.6. The standard InChI is InChI=1S/C50H60N6O5Si/c1-33(2)12-11-13-34(3)26-29-56-45-25-20-39(52-48(58)37-16-18-38(51)19-17-37)30-43(45)50(49(56)59)35(4)47(62(6,7)41-23-21-40(60-5)22-24-41)46(61-50)27-28-55-31-44(53-54-55)42(32-57)36-14-9-8-10-15-36/h8-10,12,14-26,30-31,35,42,46-47,57H,11,13,27-29,32,51H2,1-7H3,(H,52,58)/b34-26+/t35-,42?,46+,47-,50+/m1/s1. The molecule has 324 valence electrons. The molecule has 2 aliphatic heterocycles. The van der Waals surface area contributed by atoms with E-state index in [1.807, 2.05) is 76.4 Å². The first kappa shape index (κ1) is 44.2. The van der Waals surface area contributed by atoms with Gasteiger partial charge in [0.05, 0.1) is 45.2 Å². The van der Waals surface area contributed by atoms with Crippen LogP contribution in [0.4, 0.5) is 17.1 Å². The van der Waals surface area contributed by atoms with Gasteiger partial charge in [0.1, 0.15) is 5.75 Å². The number of benzene rings is 4. The van der Waals surface area contributed by atoms with Crippen molar-refractivity contribution in [1.29, 1.82) is 0 Å². The fraction of sp³-hybridized carbons (Fsp3) is 0.360. The number of allylic oxidation sites excluding steroid dienone is 3. The lowest BCUT2D eigenvalue weighted by molar-refractivity contribution is -0.145. The van der Waals surface area contributed by atoms with Crippen LogP contribution in [0.15, 0.2) is 127 Å². The number of nitrogens with one attached hydrogen (secondary N) is 1. The number of aromatic nitrogens is 3. The van der Waals surface area contributed by atoms with E-state index in [1.54, 1.807) is 31.4 Å². The first-order chi connectivity index (χ1) is 29.8. The van der Waals surface area contributed by atoms with Crippen molar-refractivity contribution >= 4 is 42.1 Å². The molecular formula is C50H60N6O5Si. The summed E-state index contributed by atoms with van der Waals surface area (Å²) in [7, 11) is -0.781. The number of carbonyl (C=O) groups is 2. The van der Waals surface area contributed by atoms with Crippen LogP contribution in [0.3, 0.4) is 0 Å². The van der Waals surface area contributed by atoms with Crippen LogP contribution in [0.1, 0.15) is 80.1 Å². The van der Waals surface area contributed by atoms with Gasteiger partial charge >= 0.3 is 0 Å². The van der Waals surface area contributed by atoms with E-state index in [2.05, 4.69) is 80.7 Å². The highest BCUT2D eigenvalue weighted by molar-refractivity contribution is 6.91. The van der Waals surface area contributed by atoms with Gasteiger partial charge in [-0.1, -0.05) is 96.2 Å². The third kappa shape index (κ3) is 8.90. The third-order valence-corrected chi connectivity index (χ3v) is 17.3. The number of fused-ring (bicyclic) bond motifs is 2. The molecule has 5 atom stereocenters. The molecule has 5 aromatic rings. The van der Waals surface area contributed by atoms with E-state index >= 15 is 4.79 Å². The summed E-state index contributed by atoms with van der Waals surface area (Å²) in [5.41, 5.74) is 11.9. The number of nitrogens with zero attached hydrogens (tertiary/aromatic N) is 4. The van der Waals surface area contributed by atoms with E-state index in [0.29, 0.717) is 42.1 Å². The summed E-state index contributed by atoms with van der Waals surface area (Å²) in [5.74, 6) is -0.139. The number of aliphatic hydroxyl groups is 1. The Bertz CT molecular complexity index is 2430. The maximum absolute atomic E-state index is 15.5. The topological polar surface area (TPSA) is 145 Å². The summed E-state index contributed by atoms with van der Waals surface area (Å²) < 4.78 is 14.8. The van der Waals surface area contributed by atoms with Crippen LogP contribution in [-0.2, 0) is 21.7 Å². The average molecular weight is 853 g/mol. The lowest BCUT2D eigenvalue weighted by Crippen LogP contribution is -2.52. The molecule has 0 radical (unpaired) electrons. The first-order valence-electron chi connectivity index (χ1n) is 21.6. The molecule has 1 unspecified atom stereocenters. The highest BCUT2D eigenvalue weighted by Crippen LogP contribution is 2.60. The zero-order chi connectivity index (χ0) is 44.2. The number of methoxy groups -OCH3 is 1. The van der Waals surface area contributed by atoms with Crippen LogP contribution < -0.4 is 25.9 Å². The van der Waals surface area contributed by atoms with Gasteiger partial charge in [-0.25, -0.2) is 0 Å². The molecule has 1 spiro atoms. The lowest BCUT2D eigenvalue weighted by Gasteiger charge is -2.37. The van der Waals surface area contributed by atoms with Gasteiger partial charge in [-0.2, -0.15) is 0 Å². The summed E-state index contributed by atoms with van der Waals surface area (Å²) in [6.45, 7) is 14.0. The van der Waals surface area contributed by atoms with E-state index in [9.17, 15) is 9.90 Å². The molecule has 1 fully saturated rings. The highest BCUT2D eigenvalue weighted by atomic mass is 28.3. The maximum Gasteiger partial charge on any atom is 0.264 e. The monoisotopic (exact) mass is 852 g/mol. The minimum atomic E-state index is -2.45. The quantitative estimate of drug-likeness (QED) is 0.0509. The van der Waals surface area contributed by atoms with Crippen molar-refractivity contribution in [2.75, 3.05) is 36.2 Å². The SMILES string of the molecule is COc1ccc([Si](C)(C)[C@H]2[C@H](CCn3cc(C(CO)c4ccccc4)nn3)O[C@@]3(C(=O)N(C/C=C(\C)CCC=C(C)C)c4ccc(NC(=O)c5ccc(N)cc5)cc43)[C@@H]2C)cc1. The Morgan fingerprint density at radius 3 is 2.42 bits per heavy atom. The second-order valence-corrected chi connectivity index (χ2v) is 22.3. The van der Waals surface area contributed by atoms with Crippen LogP contribution in [0, 0.1) is 5.92 Å². The number of anilines is 3. The number of aryl methyl sites for hydroxylation is 1. The molecule has 1 aromatic heterocycles. The molecule has 0 aliphatic carbocycles. The predicted octanol–water partition coefficient (Wildman–Crippen LogP) is 8.59. The van der Waals surface area contributed by atoms with E-state index in [4.69, 9.17) is 15.2 Å². The molecular weight excluding hydrogens is 793 g/mol. The summed E-state index contributed by atoms with van der Waals surface area (Å²) in [4.78, 5) is 30.9. The van der Waals surface area contributed by atoms with Gasteiger partial charge < -0.3 is 30.5 Å². The second kappa shape index (κ2) is 18.7. The summed E-state index contributed by atoms with van der Waals surface area (Å²) >= 11 is 0. The molecule has 7 rings (SSSR count). The smallest absolute Gasteiger partial charge is 0.264 e. The number of hydrogen-bond acceptors (Lipinski definition) is 8. The third-order valence-electron chi connectivity index (χ3n) is 12.9. The van der Waals surface area contributed by atoms with Crippen LogP contribution in [0.5, 0.6) is 5.75 Å². The minimum absolute atomic E-state index is 0.0143. The molecule has 0 bridgehead atoms. The number of ether oxygens (including phenoxy) is 2. The van der Waals surface area contributed by atoms with Gasteiger partial charge in [0.2, 0.25) is 0 Å². The Balaban J connectivity index is 1.27. The Hall–Kier alpha value is -5.82. The number of nitrogen functional groups attached to an aromatic ring is 1. The van der Waals surface area contributed by atoms with Gasteiger partial charge in [0.25, 0.3) is 11.8 Å². The molecule has 2 aliphatic rings. The number of nitrogens with two attached hydrogens (primary N) is 1. The molecule has 4 aromatic carbocycles. The number of aliphatic hydroxyl groups excluding tert-OH is 1. The molecule has 0 saturated carbocycles. The minimum Gasteiger partial charge on any atom is -0.497 e. The molecule has 1 saturated heterocycles. The highest BCUT2D eigenvalue weighted by Gasteiger charge is 2.66. The van der Waals surface area contributed by atoms with Gasteiger partial charge in [-0.05, 0) is 106 Å². The number of rotatable bonds is 16. The van der Waals surface area contributed by atoms with E-state index < -0.39 is 13.7 Å². The number of amides is 2. The van der Waals surface area contributed by atoms with Gasteiger partial charge in [-0.15, -0.1) is 5.10 Å². The Morgan fingerprint density at radius 1 is 1.02 bits per heavy atom. The number of carbonyl (C=O) groups excluding carboxylic acids is 2. The van der Waals surface area contributed by atoms with Gasteiger partial charge in [-0.3, -0.25) is 14.3 Å². The Morgan fingerprint density at radius 2 is 1.74 bits per heavy atom. The fourth-order valence-corrected chi connectivity index (χ4v) is 13.6. The van der Waals surface area contributed by atoms with Crippen LogP contribution in [0.2, 0.25) is 18.6 Å². The zero-order valence-corrected chi connectivity index (χ0v) is 38.0. The van der Waals surface area contributed by atoms with Gasteiger partial charge in [0.15, 0.2) is 5.60 Å². The van der Waals surface area contributed by atoms with Crippen molar-refractivity contribution in [3.8, 4) is 5.75 Å². The van der Waals surface area contributed by atoms with E-state index in [0.717, 1.165) is 35.4 Å². The van der Waals surface area contributed by atoms with E-state index in [-0.39, 0.29) is 41.9 Å². The van der Waals surface area contributed by atoms with Gasteiger partial charge in [0, 0.05) is 47.7 Å². The van der Waals surface area contributed by atoms with Crippen molar-refractivity contribution in [1.82, 2.24) is 15.0 Å². The normalized spacial score (nSPS) is 20.3. The lowest BCUT2D eigenvalue weighted by atomic mass is 9.82.